The summed E-state index contributed by atoms with van der Waals surface area (Å²) in [7, 11) is 0. The average Bonchev–Trinajstić information content (AvgIpc) is 3.34. The van der Waals surface area contributed by atoms with Gasteiger partial charge >= 0.3 is 0 Å². The zero-order chi connectivity index (χ0) is 15.1. The summed E-state index contributed by atoms with van der Waals surface area (Å²) in [5.41, 5.74) is 5.87. The molecule has 6 heteroatoms. The van der Waals surface area contributed by atoms with Crippen LogP contribution in [0.5, 0.6) is 5.75 Å². The van der Waals surface area contributed by atoms with E-state index in [1.54, 1.807) is 12.1 Å². The van der Waals surface area contributed by atoms with Crippen molar-refractivity contribution in [1.82, 2.24) is 10.6 Å². The molecule has 0 aromatic heterocycles. The molecule has 1 fully saturated rings. The van der Waals surface area contributed by atoms with Gasteiger partial charge in [-0.1, -0.05) is 18.2 Å². The number of ether oxygens (including phenoxy) is 1. The minimum atomic E-state index is -0.333. The predicted octanol–water partition coefficient (Wildman–Crippen LogP) is 0.0351. The fraction of sp³-hybridized carbons (Fsp3) is 0.467. The number of amides is 2. The molecule has 1 atom stereocenters. The summed E-state index contributed by atoms with van der Waals surface area (Å²) >= 11 is 0. The third kappa shape index (κ3) is 5.83. The average molecular weight is 291 g/mol. The number of rotatable bonds is 8. The van der Waals surface area contributed by atoms with E-state index in [0.29, 0.717) is 18.2 Å². The Labute approximate surface area is 124 Å². The van der Waals surface area contributed by atoms with E-state index in [1.807, 2.05) is 18.2 Å². The van der Waals surface area contributed by atoms with E-state index in [2.05, 4.69) is 10.6 Å². The van der Waals surface area contributed by atoms with Gasteiger partial charge in [0.25, 0.3) is 5.91 Å². The fourth-order valence-corrected chi connectivity index (χ4v) is 1.88. The van der Waals surface area contributed by atoms with Crippen LogP contribution in [-0.4, -0.2) is 37.6 Å². The summed E-state index contributed by atoms with van der Waals surface area (Å²) in [6, 6.07) is 9.06. The van der Waals surface area contributed by atoms with Crippen molar-refractivity contribution in [3.05, 3.63) is 30.3 Å². The molecule has 0 heterocycles. The molecule has 1 aliphatic rings. The van der Waals surface area contributed by atoms with Crippen molar-refractivity contribution in [3.63, 3.8) is 0 Å². The number of benzene rings is 1. The second-order valence-electron chi connectivity index (χ2n) is 5.18. The van der Waals surface area contributed by atoms with Crippen LogP contribution in [0.4, 0.5) is 0 Å². The van der Waals surface area contributed by atoms with Crippen LogP contribution in [0.15, 0.2) is 30.3 Å². The Balaban J connectivity index is 1.56. The van der Waals surface area contributed by atoms with Crippen LogP contribution < -0.4 is 21.1 Å². The maximum Gasteiger partial charge on any atom is 0.258 e. The molecule has 1 aliphatic carbocycles. The van der Waals surface area contributed by atoms with Crippen molar-refractivity contribution < 1.29 is 14.3 Å². The molecule has 1 saturated carbocycles. The van der Waals surface area contributed by atoms with Gasteiger partial charge in [0.05, 0.1) is 6.54 Å². The van der Waals surface area contributed by atoms with Gasteiger partial charge in [0.1, 0.15) is 5.75 Å². The number of carbonyl (C=O) groups excluding carboxylic acids is 2. The number of carbonyl (C=O) groups is 2. The van der Waals surface area contributed by atoms with Crippen LogP contribution in [0.3, 0.4) is 0 Å². The molecule has 2 amide bonds. The van der Waals surface area contributed by atoms with Gasteiger partial charge in [0.15, 0.2) is 6.61 Å². The smallest absolute Gasteiger partial charge is 0.258 e. The van der Waals surface area contributed by atoms with Gasteiger partial charge in [-0.05, 0) is 30.9 Å². The first kappa shape index (κ1) is 15.3. The molecule has 0 saturated heterocycles. The lowest BCUT2D eigenvalue weighted by Crippen LogP contribution is -2.43. The van der Waals surface area contributed by atoms with Gasteiger partial charge in [0.2, 0.25) is 5.91 Å². The molecular weight excluding hydrogens is 270 g/mol. The SMILES string of the molecule is NC(CNC(=O)CNC(=O)COc1ccccc1)C1CC1. The zero-order valence-electron chi connectivity index (χ0n) is 11.9. The highest BCUT2D eigenvalue weighted by molar-refractivity contribution is 5.85. The Morgan fingerprint density at radius 3 is 2.57 bits per heavy atom. The second kappa shape index (κ2) is 7.64. The Morgan fingerprint density at radius 2 is 1.90 bits per heavy atom. The van der Waals surface area contributed by atoms with E-state index in [1.165, 1.54) is 0 Å². The van der Waals surface area contributed by atoms with Gasteiger partial charge < -0.3 is 21.1 Å². The largest absolute Gasteiger partial charge is 0.484 e. The van der Waals surface area contributed by atoms with Crippen LogP contribution in [-0.2, 0) is 9.59 Å². The standard InChI is InChI=1S/C15H21N3O3/c16-13(11-6-7-11)8-17-14(19)9-18-15(20)10-21-12-4-2-1-3-5-12/h1-5,11,13H,6-10,16H2,(H,17,19)(H,18,20). The van der Waals surface area contributed by atoms with Gasteiger partial charge in [-0.2, -0.15) is 0 Å². The minimum absolute atomic E-state index is 0.0195. The Bertz CT molecular complexity index is 474. The molecule has 0 bridgehead atoms. The summed E-state index contributed by atoms with van der Waals surface area (Å²) in [5.74, 6) is 0.589. The third-order valence-electron chi connectivity index (χ3n) is 3.32. The molecule has 4 N–H and O–H groups in total. The number of nitrogens with two attached hydrogens (primary N) is 1. The summed E-state index contributed by atoms with van der Waals surface area (Å²) in [5, 5.41) is 5.22. The molecule has 0 aliphatic heterocycles. The quantitative estimate of drug-likeness (QED) is 0.630. The van der Waals surface area contributed by atoms with Crippen molar-refractivity contribution in [2.75, 3.05) is 19.7 Å². The summed E-state index contributed by atoms with van der Waals surface area (Å²) in [4.78, 5) is 23.1. The molecule has 114 valence electrons. The molecule has 1 aromatic carbocycles. The summed E-state index contributed by atoms with van der Waals surface area (Å²) < 4.78 is 5.27. The van der Waals surface area contributed by atoms with Gasteiger partial charge in [-0.3, -0.25) is 9.59 Å². The molecule has 1 unspecified atom stereocenters. The molecule has 2 rings (SSSR count). The van der Waals surface area contributed by atoms with Gasteiger partial charge in [-0.15, -0.1) is 0 Å². The van der Waals surface area contributed by atoms with E-state index >= 15 is 0 Å². The zero-order valence-corrected chi connectivity index (χ0v) is 11.9. The first-order valence-electron chi connectivity index (χ1n) is 7.12. The van der Waals surface area contributed by atoms with Crippen LogP contribution in [0.1, 0.15) is 12.8 Å². The third-order valence-corrected chi connectivity index (χ3v) is 3.32. The lowest BCUT2D eigenvalue weighted by Gasteiger charge is -2.12. The van der Waals surface area contributed by atoms with Gasteiger partial charge in [-0.25, -0.2) is 0 Å². The van der Waals surface area contributed by atoms with Crippen LogP contribution >= 0.6 is 0 Å². The molecule has 0 radical (unpaired) electrons. The maximum atomic E-state index is 11.5. The lowest BCUT2D eigenvalue weighted by molar-refractivity contribution is -0.127. The molecule has 21 heavy (non-hydrogen) atoms. The Morgan fingerprint density at radius 1 is 1.19 bits per heavy atom. The Hall–Kier alpha value is -2.08. The first-order chi connectivity index (χ1) is 10.1. The van der Waals surface area contributed by atoms with Crippen LogP contribution in [0.2, 0.25) is 0 Å². The summed E-state index contributed by atoms with van der Waals surface area (Å²) in [6.45, 7) is 0.285. The topological polar surface area (TPSA) is 93.5 Å². The van der Waals surface area contributed by atoms with Crippen LogP contribution in [0.25, 0.3) is 0 Å². The highest BCUT2D eigenvalue weighted by Gasteiger charge is 2.28. The van der Waals surface area contributed by atoms with Crippen molar-refractivity contribution in [1.29, 1.82) is 0 Å². The van der Waals surface area contributed by atoms with E-state index < -0.39 is 0 Å². The van der Waals surface area contributed by atoms with E-state index in [4.69, 9.17) is 10.5 Å². The molecule has 0 spiro atoms. The molecular formula is C15H21N3O3. The predicted molar refractivity (Wildman–Crippen MR) is 78.7 cm³/mol. The number of para-hydroxylation sites is 1. The minimum Gasteiger partial charge on any atom is -0.484 e. The first-order valence-corrected chi connectivity index (χ1v) is 7.12. The van der Waals surface area contributed by atoms with Gasteiger partial charge in [0, 0.05) is 12.6 Å². The van der Waals surface area contributed by atoms with Crippen molar-refractivity contribution in [2.45, 2.75) is 18.9 Å². The van der Waals surface area contributed by atoms with Crippen molar-refractivity contribution in [3.8, 4) is 5.75 Å². The van der Waals surface area contributed by atoms with E-state index in [0.717, 1.165) is 12.8 Å². The van der Waals surface area contributed by atoms with E-state index in [-0.39, 0.29) is 31.0 Å². The van der Waals surface area contributed by atoms with E-state index in [9.17, 15) is 9.59 Å². The monoisotopic (exact) mass is 291 g/mol. The number of hydrogen-bond donors (Lipinski definition) is 3. The maximum absolute atomic E-state index is 11.5. The second-order valence-corrected chi connectivity index (χ2v) is 5.18. The molecule has 1 aromatic rings. The highest BCUT2D eigenvalue weighted by atomic mass is 16.5. The normalized spacial score (nSPS) is 15.1. The fourth-order valence-electron chi connectivity index (χ4n) is 1.88. The highest BCUT2D eigenvalue weighted by Crippen LogP contribution is 2.31. The molecule has 6 nitrogen and oxygen atoms in total. The number of hydrogen-bond acceptors (Lipinski definition) is 4. The van der Waals surface area contributed by atoms with Crippen molar-refractivity contribution >= 4 is 11.8 Å². The Kier molecular flexibility index (Phi) is 5.57. The van der Waals surface area contributed by atoms with Crippen molar-refractivity contribution in [2.24, 2.45) is 11.7 Å². The summed E-state index contributed by atoms with van der Waals surface area (Å²) in [6.07, 6.45) is 2.29. The van der Waals surface area contributed by atoms with Crippen LogP contribution in [0, 0.1) is 5.92 Å². The lowest BCUT2D eigenvalue weighted by atomic mass is 10.2. The number of nitrogens with one attached hydrogen (secondary N) is 2.